The fourth-order valence-corrected chi connectivity index (χ4v) is 4.02. The molecule has 2 heterocycles. The van der Waals surface area contributed by atoms with Crippen LogP contribution in [0.5, 0.6) is 0 Å². The topological polar surface area (TPSA) is 92.3 Å². The summed E-state index contributed by atoms with van der Waals surface area (Å²) >= 11 is 0. The molecule has 1 N–H and O–H groups in total. The molecule has 1 aromatic heterocycles. The van der Waals surface area contributed by atoms with E-state index in [1.807, 2.05) is 30.3 Å². The van der Waals surface area contributed by atoms with Gasteiger partial charge in [0.1, 0.15) is 0 Å². The lowest BCUT2D eigenvalue weighted by molar-refractivity contribution is -0.126. The third kappa shape index (κ3) is 4.44. The largest absolute Gasteiger partial charge is 0.343 e. The van der Waals surface area contributed by atoms with Crippen LogP contribution in [0.15, 0.2) is 48.9 Å². The van der Waals surface area contributed by atoms with Crippen molar-refractivity contribution in [2.75, 3.05) is 19.3 Å². The lowest BCUT2D eigenvalue weighted by Gasteiger charge is -2.30. The quantitative estimate of drug-likeness (QED) is 0.853. The second kappa shape index (κ2) is 7.92. The highest BCUT2D eigenvalue weighted by atomic mass is 32.2. The van der Waals surface area contributed by atoms with Crippen molar-refractivity contribution in [2.24, 2.45) is 5.92 Å². The lowest BCUT2D eigenvalue weighted by atomic mass is 9.95. The summed E-state index contributed by atoms with van der Waals surface area (Å²) in [5.74, 6) is -0.298. The van der Waals surface area contributed by atoms with Crippen molar-refractivity contribution in [3.8, 4) is 0 Å². The van der Waals surface area contributed by atoms with Crippen LogP contribution >= 0.6 is 0 Å². The first-order chi connectivity index (χ1) is 12.4. The Bertz CT molecular complexity index is 796. The average Bonchev–Trinajstić information content (AvgIpc) is 2.67. The molecule has 26 heavy (non-hydrogen) atoms. The van der Waals surface area contributed by atoms with Gasteiger partial charge in [-0.15, -0.1) is 0 Å². The zero-order valence-electron chi connectivity index (χ0n) is 14.6. The molecule has 2 aromatic rings. The molecule has 1 saturated heterocycles. The minimum absolute atomic E-state index is 0.0855. The summed E-state index contributed by atoms with van der Waals surface area (Å²) in [5, 5.41) is 3.06. The SMILES string of the molecule is CS(=O)(=O)N1CCC(C(=O)NC(c2ccccc2)c2cnccn2)CC1. The molecule has 1 aromatic carbocycles. The Labute approximate surface area is 153 Å². The van der Waals surface area contributed by atoms with E-state index in [-0.39, 0.29) is 17.9 Å². The molecule has 8 heteroatoms. The molecule has 1 fully saturated rings. The Morgan fingerprint density at radius 1 is 1.19 bits per heavy atom. The van der Waals surface area contributed by atoms with Gasteiger partial charge < -0.3 is 5.32 Å². The number of amides is 1. The van der Waals surface area contributed by atoms with Crippen molar-refractivity contribution in [2.45, 2.75) is 18.9 Å². The van der Waals surface area contributed by atoms with Crippen LogP contribution in [0.4, 0.5) is 0 Å². The fourth-order valence-electron chi connectivity index (χ4n) is 3.14. The molecule has 7 nitrogen and oxygen atoms in total. The van der Waals surface area contributed by atoms with Gasteiger partial charge in [0, 0.05) is 31.4 Å². The van der Waals surface area contributed by atoms with Crippen LogP contribution < -0.4 is 5.32 Å². The van der Waals surface area contributed by atoms with Gasteiger partial charge in [-0.1, -0.05) is 30.3 Å². The first kappa shape index (κ1) is 18.5. The van der Waals surface area contributed by atoms with Crippen LogP contribution in [0.3, 0.4) is 0 Å². The second-order valence-corrected chi connectivity index (χ2v) is 8.40. The maximum absolute atomic E-state index is 12.8. The molecule has 0 saturated carbocycles. The molecule has 1 unspecified atom stereocenters. The summed E-state index contributed by atoms with van der Waals surface area (Å²) in [6.07, 6.45) is 7.06. The molecule has 1 aliphatic heterocycles. The molecule has 1 atom stereocenters. The van der Waals surface area contributed by atoms with Gasteiger partial charge in [-0.05, 0) is 18.4 Å². The third-order valence-corrected chi connectivity index (χ3v) is 5.90. The summed E-state index contributed by atoms with van der Waals surface area (Å²) < 4.78 is 24.7. The molecule has 138 valence electrons. The van der Waals surface area contributed by atoms with Crippen molar-refractivity contribution in [3.05, 3.63) is 60.2 Å². The van der Waals surface area contributed by atoms with Gasteiger partial charge in [-0.3, -0.25) is 14.8 Å². The van der Waals surface area contributed by atoms with Crippen molar-refractivity contribution in [1.29, 1.82) is 0 Å². The summed E-state index contributed by atoms with van der Waals surface area (Å²) in [6.45, 7) is 0.746. The number of rotatable bonds is 5. The monoisotopic (exact) mass is 374 g/mol. The second-order valence-electron chi connectivity index (χ2n) is 6.42. The van der Waals surface area contributed by atoms with Crippen LogP contribution in [0, 0.1) is 5.92 Å². The number of nitrogens with zero attached hydrogens (tertiary/aromatic N) is 3. The zero-order valence-corrected chi connectivity index (χ0v) is 15.4. The van der Waals surface area contributed by atoms with E-state index in [0.29, 0.717) is 31.6 Å². The molecule has 0 bridgehead atoms. The van der Waals surface area contributed by atoms with Crippen LogP contribution in [0.1, 0.15) is 30.1 Å². The van der Waals surface area contributed by atoms with Gasteiger partial charge in [0.15, 0.2) is 0 Å². The number of benzene rings is 1. The molecule has 3 rings (SSSR count). The van der Waals surface area contributed by atoms with Crippen molar-refractivity contribution in [3.63, 3.8) is 0 Å². The number of carbonyl (C=O) groups is 1. The Morgan fingerprint density at radius 3 is 2.46 bits per heavy atom. The minimum Gasteiger partial charge on any atom is -0.343 e. The number of hydrogen-bond acceptors (Lipinski definition) is 5. The molecule has 1 aliphatic rings. The maximum Gasteiger partial charge on any atom is 0.224 e. The van der Waals surface area contributed by atoms with Crippen molar-refractivity contribution < 1.29 is 13.2 Å². The van der Waals surface area contributed by atoms with E-state index in [1.165, 1.54) is 10.6 Å². The third-order valence-electron chi connectivity index (χ3n) is 4.59. The van der Waals surface area contributed by atoms with E-state index in [2.05, 4.69) is 15.3 Å². The normalized spacial score (nSPS) is 17.6. The smallest absolute Gasteiger partial charge is 0.224 e. The summed E-state index contributed by atoms with van der Waals surface area (Å²) in [7, 11) is -3.20. The van der Waals surface area contributed by atoms with E-state index in [0.717, 1.165) is 5.56 Å². The molecule has 0 aliphatic carbocycles. The van der Waals surface area contributed by atoms with Crippen LogP contribution in [-0.4, -0.2) is 47.9 Å². The highest BCUT2D eigenvalue weighted by Crippen LogP contribution is 2.23. The summed E-state index contributed by atoms with van der Waals surface area (Å²) in [4.78, 5) is 21.2. The molecular formula is C18H22N4O3S. The van der Waals surface area contributed by atoms with E-state index in [4.69, 9.17) is 0 Å². The average molecular weight is 374 g/mol. The van der Waals surface area contributed by atoms with Crippen LogP contribution in [-0.2, 0) is 14.8 Å². The standard InChI is InChI=1S/C18H22N4O3S/c1-26(24,25)22-11-7-15(8-12-22)18(23)21-17(14-5-3-2-4-6-14)16-13-19-9-10-20-16/h2-6,9-10,13,15,17H,7-8,11-12H2,1H3,(H,21,23). The van der Waals surface area contributed by atoms with E-state index < -0.39 is 10.0 Å². The van der Waals surface area contributed by atoms with Gasteiger partial charge in [-0.2, -0.15) is 0 Å². The van der Waals surface area contributed by atoms with Crippen molar-refractivity contribution >= 4 is 15.9 Å². The number of sulfonamides is 1. The predicted molar refractivity (Wildman–Crippen MR) is 97.6 cm³/mol. The van der Waals surface area contributed by atoms with Gasteiger partial charge in [0.05, 0.1) is 24.2 Å². The van der Waals surface area contributed by atoms with Gasteiger partial charge in [-0.25, -0.2) is 12.7 Å². The molecular weight excluding hydrogens is 352 g/mol. The summed E-state index contributed by atoms with van der Waals surface area (Å²) in [5.41, 5.74) is 1.59. The Balaban J connectivity index is 1.73. The summed E-state index contributed by atoms with van der Waals surface area (Å²) in [6, 6.07) is 9.23. The predicted octanol–water partition coefficient (Wildman–Crippen LogP) is 1.35. The van der Waals surface area contributed by atoms with Gasteiger partial charge in [0.2, 0.25) is 15.9 Å². The molecule has 0 spiro atoms. The van der Waals surface area contributed by atoms with Crippen LogP contribution in [0.25, 0.3) is 0 Å². The van der Waals surface area contributed by atoms with Gasteiger partial charge >= 0.3 is 0 Å². The Kier molecular flexibility index (Phi) is 5.63. The Hall–Kier alpha value is -2.32. The number of nitrogens with one attached hydrogen (secondary N) is 1. The molecule has 1 amide bonds. The maximum atomic E-state index is 12.8. The van der Waals surface area contributed by atoms with Gasteiger partial charge in [0.25, 0.3) is 0 Å². The first-order valence-electron chi connectivity index (χ1n) is 8.51. The number of piperidine rings is 1. The number of hydrogen-bond donors (Lipinski definition) is 1. The first-order valence-corrected chi connectivity index (χ1v) is 10.4. The van der Waals surface area contributed by atoms with Crippen molar-refractivity contribution in [1.82, 2.24) is 19.6 Å². The highest BCUT2D eigenvalue weighted by molar-refractivity contribution is 7.88. The van der Waals surface area contributed by atoms with E-state index >= 15 is 0 Å². The van der Waals surface area contributed by atoms with E-state index in [1.54, 1.807) is 18.6 Å². The minimum atomic E-state index is -3.20. The van der Waals surface area contributed by atoms with E-state index in [9.17, 15) is 13.2 Å². The van der Waals surface area contributed by atoms with Crippen LogP contribution in [0.2, 0.25) is 0 Å². The number of aromatic nitrogens is 2. The molecule has 0 radical (unpaired) electrons. The zero-order chi connectivity index (χ0) is 18.6. The highest BCUT2D eigenvalue weighted by Gasteiger charge is 2.30. The lowest BCUT2D eigenvalue weighted by Crippen LogP contribution is -2.43. The number of carbonyl (C=O) groups excluding carboxylic acids is 1. The fraction of sp³-hybridized carbons (Fsp3) is 0.389. The Morgan fingerprint density at radius 2 is 1.88 bits per heavy atom.